The Morgan fingerprint density at radius 1 is 1.38 bits per heavy atom. The van der Waals surface area contributed by atoms with Gasteiger partial charge in [-0.15, -0.1) is 0 Å². The molecule has 0 amide bonds. The van der Waals surface area contributed by atoms with Crippen LogP contribution in [0.15, 0.2) is 18.2 Å². The van der Waals surface area contributed by atoms with E-state index in [4.69, 9.17) is 5.73 Å². The molecule has 0 saturated heterocycles. The summed E-state index contributed by atoms with van der Waals surface area (Å²) in [6.07, 6.45) is 0.722. The van der Waals surface area contributed by atoms with Gasteiger partial charge in [-0.3, -0.25) is 0 Å². The van der Waals surface area contributed by atoms with Crippen LogP contribution < -0.4 is 10.6 Å². The summed E-state index contributed by atoms with van der Waals surface area (Å²) in [5.74, 6) is 0.330. The summed E-state index contributed by atoms with van der Waals surface area (Å²) in [4.78, 5) is 1.95. The van der Waals surface area contributed by atoms with Crippen molar-refractivity contribution in [2.24, 2.45) is 5.73 Å². The van der Waals surface area contributed by atoms with Crippen molar-refractivity contribution in [2.75, 3.05) is 25.5 Å². The van der Waals surface area contributed by atoms with E-state index in [9.17, 15) is 5.11 Å². The fourth-order valence-corrected chi connectivity index (χ4v) is 1.20. The van der Waals surface area contributed by atoms with Crippen molar-refractivity contribution in [2.45, 2.75) is 6.42 Å². The minimum Gasteiger partial charge on any atom is -0.508 e. The van der Waals surface area contributed by atoms with Gasteiger partial charge >= 0.3 is 0 Å². The van der Waals surface area contributed by atoms with Gasteiger partial charge in [0, 0.05) is 25.8 Å². The summed E-state index contributed by atoms with van der Waals surface area (Å²) < 4.78 is 0. The molecule has 1 rings (SSSR count). The fraction of sp³-hybridized carbons (Fsp3) is 0.400. The Kier molecular flexibility index (Phi) is 3.14. The van der Waals surface area contributed by atoms with E-state index < -0.39 is 0 Å². The first-order valence-corrected chi connectivity index (χ1v) is 4.34. The van der Waals surface area contributed by atoms with Gasteiger partial charge in [0.25, 0.3) is 0 Å². The smallest absolute Gasteiger partial charge is 0.120 e. The molecule has 0 unspecified atom stereocenters. The minimum absolute atomic E-state index is 0.330. The van der Waals surface area contributed by atoms with Crippen LogP contribution in [-0.4, -0.2) is 25.7 Å². The topological polar surface area (TPSA) is 49.5 Å². The maximum Gasteiger partial charge on any atom is 0.120 e. The Hall–Kier alpha value is -1.22. The third kappa shape index (κ3) is 2.36. The number of hydrogen-bond donors (Lipinski definition) is 2. The number of nitrogens with two attached hydrogens (primary N) is 1. The monoisotopic (exact) mass is 180 g/mol. The van der Waals surface area contributed by atoms with Gasteiger partial charge in [-0.1, -0.05) is 6.07 Å². The second-order valence-electron chi connectivity index (χ2n) is 3.25. The number of aromatic hydroxyl groups is 1. The lowest BCUT2D eigenvalue weighted by molar-refractivity contribution is 0.468. The van der Waals surface area contributed by atoms with Gasteiger partial charge in [-0.05, 0) is 24.6 Å². The highest BCUT2D eigenvalue weighted by molar-refractivity contribution is 5.52. The van der Waals surface area contributed by atoms with E-state index in [1.54, 1.807) is 6.07 Å². The molecule has 0 spiro atoms. The zero-order valence-corrected chi connectivity index (χ0v) is 8.12. The van der Waals surface area contributed by atoms with Gasteiger partial charge in [0.15, 0.2) is 0 Å². The van der Waals surface area contributed by atoms with E-state index in [0.29, 0.717) is 12.3 Å². The van der Waals surface area contributed by atoms with Crippen LogP contribution in [0.3, 0.4) is 0 Å². The average molecular weight is 180 g/mol. The number of phenols is 1. The van der Waals surface area contributed by atoms with Gasteiger partial charge in [0.1, 0.15) is 5.75 Å². The van der Waals surface area contributed by atoms with Crippen molar-refractivity contribution < 1.29 is 5.11 Å². The Morgan fingerprint density at radius 3 is 2.54 bits per heavy atom. The molecule has 0 fully saturated rings. The molecule has 1 aromatic carbocycles. The maximum absolute atomic E-state index is 9.59. The van der Waals surface area contributed by atoms with Gasteiger partial charge in [0.2, 0.25) is 0 Å². The Bertz CT molecular complexity index is 284. The molecule has 1 aromatic rings. The molecule has 3 heteroatoms. The molecule has 0 radical (unpaired) electrons. The van der Waals surface area contributed by atoms with Gasteiger partial charge in [-0.25, -0.2) is 0 Å². The summed E-state index contributed by atoms with van der Waals surface area (Å²) in [7, 11) is 3.88. The van der Waals surface area contributed by atoms with Crippen LogP contribution in [0.5, 0.6) is 5.75 Å². The second kappa shape index (κ2) is 4.14. The van der Waals surface area contributed by atoms with Crippen molar-refractivity contribution in [1.29, 1.82) is 0 Å². The highest BCUT2D eigenvalue weighted by Crippen LogP contribution is 2.23. The predicted octanol–water partition coefficient (Wildman–Crippen LogP) is 0.959. The molecule has 0 aliphatic rings. The average Bonchev–Trinajstić information content (AvgIpc) is 2.08. The highest BCUT2D eigenvalue weighted by atomic mass is 16.3. The van der Waals surface area contributed by atoms with Crippen LogP contribution in [0, 0.1) is 0 Å². The molecule has 0 saturated carbocycles. The highest BCUT2D eigenvalue weighted by Gasteiger charge is 2.02. The van der Waals surface area contributed by atoms with Crippen LogP contribution in [0.25, 0.3) is 0 Å². The zero-order chi connectivity index (χ0) is 9.84. The lowest BCUT2D eigenvalue weighted by Gasteiger charge is -2.13. The lowest BCUT2D eigenvalue weighted by Crippen LogP contribution is -2.09. The zero-order valence-electron chi connectivity index (χ0n) is 8.12. The van der Waals surface area contributed by atoms with Crippen molar-refractivity contribution in [3.63, 3.8) is 0 Å². The summed E-state index contributed by atoms with van der Waals surface area (Å²) >= 11 is 0. The molecule has 3 nitrogen and oxygen atoms in total. The summed E-state index contributed by atoms with van der Waals surface area (Å²) in [6.45, 7) is 0.564. The molecular weight excluding hydrogens is 164 g/mol. The second-order valence-corrected chi connectivity index (χ2v) is 3.25. The summed E-state index contributed by atoms with van der Waals surface area (Å²) in [6, 6.07) is 5.65. The minimum atomic E-state index is 0.330. The van der Waals surface area contributed by atoms with Crippen molar-refractivity contribution in [3.8, 4) is 5.75 Å². The molecule has 13 heavy (non-hydrogen) atoms. The first-order valence-electron chi connectivity index (χ1n) is 4.34. The Morgan fingerprint density at radius 2 is 2.08 bits per heavy atom. The molecule has 0 atom stereocenters. The van der Waals surface area contributed by atoms with E-state index >= 15 is 0 Å². The van der Waals surface area contributed by atoms with Gasteiger partial charge < -0.3 is 15.7 Å². The molecule has 72 valence electrons. The third-order valence-electron chi connectivity index (χ3n) is 2.00. The van der Waals surface area contributed by atoms with E-state index in [1.165, 1.54) is 0 Å². The maximum atomic E-state index is 9.59. The van der Waals surface area contributed by atoms with Gasteiger partial charge in [-0.2, -0.15) is 0 Å². The normalized spacial score (nSPS) is 10.1. The largest absolute Gasteiger partial charge is 0.508 e. The fourth-order valence-electron chi connectivity index (χ4n) is 1.20. The number of anilines is 1. The quantitative estimate of drug-likeness (QED) is 0.728. The van der Waals surface area contributed by atoms with E-state index in [1.807, 2.05) is 31.1 Å². The Labute approximate surface area is 78.8 Å². The number of hydrogen-bond acceptors (Lipinski definition) is 3. The molecular formula is C10H16N2O. The lowest BCUT2D eigenvalue weighted by atomic mass is 10.1. The standard InChI is InChI=1S/C10H16N2O/c1-12(2)9-4-3-8(5-6-11)10(13)7-9/h3-4,7,13H,5-6,11H2,1-2H3. The first kappa shape index (κ1) is 9.86. The number of rotatable bonds is 3. The number of phenolic OH excluding ortho intramolecular Hbond substituents is 1. The van der Waals surface area contributed by atoms with Crippen LogP contribution in [0.1, 0.15) is 5.56 Å². The number of benzene rings is 1. The summed E-state index contributed by atoms with van der Waals surface area (Å²) in [5.41, 5.74) is 7.31. The molecule has 3 N–H and O–H groups in total. The molecule has 0 aliphatic heterocycles. The molecule has 0 heterocycles. The van der Waals surface area contributed by atoms with E-state index in [2.05, 4.69) is 0 Å². The molecule has 0 aromatic heterocycles. The van der Waals surface area contributed by atoms with Crippen LogP contribution >= 0.6 is 0 Å². The first-order chi connectivity index (χ1) is 6.15. The van der Waals surface area contributed by atoms with Crippen LogP contribution in [0.2, 0.25) is 0 Å². The van der Waals surface area contributed by atoms with E-state index in [-0.39, 0.29) is 0 Å². The van der Waals surface area contributed by atoms with Crippen LogP contribution in [-0.2, 0) is 6.42 Å². The SMILES string of the molecule is CN(C)c1ccc(CCN)c(O)c1. The summed E-state index contributed by atoms with van der Waals surface area (Å²) in [5, 5.41) is 9.59. The van der Waals surface area contributed by atoms with Crippen LogP contribution in [0.4, 0.5) is 5.69 Å². The molecule has 0 bridgehead atoms. The number of nitrogens with zero attached hydrogens (tertiary/aromatic N) is 1. The van der Waals surface area contributed by atoms with E-state index in [0.717, 1.165) is 17.7 Å². The molecule has 0 aliphatic carbocycles. The van der Waals surface area contributed by atoms with Crippen molar-refractivity contribution in [1.82, 2.24) is 0 Å². The van der Waals surface area contributed by atoms with Gasteiger partial charge in [0.05, 0.1) is 0 Å². The Balaban J connectivity index is 2.92. The third-order valence-corrected chi connectivity index (χ3v) is 2.00. The predicted molar refractivity (Wildman–Crippen MR) is 55.2 cm³/mol. The van der Waals surface area contributed by atoms with Crippen molar-refractivity contribution in [3.05, 3.63) is 23.8 Å². The van der Waals surface area contributed by atoms with Crippen molar-refractivity contribution >= 4 is 5.69 Å².